The summed E-state index contributed by atoms with van der Waals surface area (Å²) in [6, 6.07) is 0. The second kappa shape index (κ2) is 8.06. The zero-order chi connectivity index (χ0) is 12.6. The van der Waals surface area contributed by atoms with E-state index >= 15 is 0 Å². The molecule has 1 saturated carbocycles. The van der Waals surface area contributed by atoms with Gasteiger partial charge in [-0.3, -0.25) is 0 Å². The van der Waals surface area contributed by atoms with E-state index in [1.165, 1.54) is 32.1 Å². The Labute approximate surface area is 106 Å². The third-order valence-electron chi connectivity index (χ3n) is 4.24. The van der Waals surface area contributed by atoms with Crippen LogP contribution in [0, 0.1) is 11.3 Å². The number of hydrogen-bond acceptors (Lipinski definition) is 3. The topological polar surface area (TPSA) is 44.5 Å². The average Bonchev–Trinajstić information content (AvgIpc) is 2.78. The van der Waals surface area contributed by atoms with Crippen molar-refractivity contribution in [1.29, 1.82) is 0 Å². The van der Waals surface area contributed by atoms with Gasteiger partial charge in [0.05, 0.1) is 13.2 Å². The van der Waals surface area contributed by atoms with Crippen molar-refractivity contribution in [1.82, 2.24) is 0 Å². The predicted molar refractivity (Wildman–Crippen MR) is 71.0 cm³/mol. The zero-order valence-corrected chi connectivity index (χ0v) is 11.5. The summed E-state index contributed by atoms with van der Waals surface area (Å²) in [5.74, 6) is 0.910. The highest BCUT2D eigenvalue weighted by Crippen LogP contribution is 2.45. The van der Waals surface area contributed by atoms with Crippen LogP contribution in [0.5, 0.6) is 0 Å². The highest BCUT2D eigenvalue weighted by molar-refractivity contribution is 4.89. The third kappa shape index (κ3) is 4.94. The second-order valence-corrected chi connectivity index (χ2v) is 5.43. The zero-order valence-electron chi connectivity index (χ0n) is 11.5. The first-order chi connectivity index (χ1) is 8.26. The van der Waals surface area contributed by atoms with Crippen molar-refractivity contribution in [2.24, 2.45) is 17.1 Å². The van der Waals surface area contributed by atoms with Crippen LogP contribution in [-0.2, 0) is 9.47 Å². The minimum Gasteiger partial charge on any atom is -0.382 e. The molecule has 0 bridgehead atoms. The number of rotatable bonds is 9. The number of methoxy groups -OCH3 is 1. The maximum absolute atomic E-state index is 5.99. The molecule has 3 heteroatoms. The minimum atomic E-state index is 0.422. The summed E-state index contributed by atoms with van der Waals surface area (Å²) in [5.41, 5.74) is 6.41. The van der Waals surface area contributed by atoms with Gasteiger partial charge in [-0.25, -0.2) is 0 Å². The van der Waals surface area contributed by atoms with Crippen LogP contribution in [0.3, 0.4) is 0 Å². The summed E-state index contributed by atoms with van der Waals surface area (Å²) in [4.78, 5) is 0. The molecule has 0 aromatic carbocycles. The third-order valence-corrected chi connectivity index (χ3v) is 4.24. The molecule has 2 unspecified atom stereocenters. The van der Waals surface area contributed by atoms with E-state index in [9.17, 15) is 0 Å². The van der Waals surface area contributed by atoms with Gasteiger partial charge in [0.2, 0.25) is 0 Å². The largest absolute Gasteiger partial charge is 0.382 e. The van der Waals surface area contributed by atoms with Gasteiger partial charge in [-0.1, -0.05) is 13.3 Å². The fraction of sp³-hybridized carbons (Fsp3) is 1.00. The van der Waals surface area contributed by atoms with Crippen LogP contribution < -0.4 is 5.73 Å². The van der Waals surface area contributed by atoms with Crippen LogP contribution >= 0.6 is 0 Å². The van der Waals surface area contributed by atoms with Gasteiger partial charge in [0.1, 0.15) is 0 Å². The quantitative estimate of drug-likeness (QED) is 0.633. The van der Waals surface area contributed by atoms with E-state index in [0.29, 0.717) is 18.6 Å². The van der Waals surface area contributed by atoms with Crippen molar-refractivity contribution in [3.05, 3.63) is 0 Å². The maximum atomic E-state index is 5.99. The highest BCUT2D eigenvalue weighted by atomic mass is 16.5. The molecule has 1 aliphatic carbocycles. The van der Waals surface area contributed by atoms with Crippen LogP contribution in [0.1, 0.15) is 45.4 Å². The first kappa shape index (κ1) is 14.9. The lowest BCUT2D eigenvalue weighted by molar-refractivity contribution is 0.0636. The lowest BCUT2D eigenvalue weighted by Crippen LogP contribution is -2.28. The van der Waals surface area contributed by atoms with E-state index in [1.54, 1.807) is 7.11 Å². The standard InChI is InChI=1S/C14H29NO2/c1-3-13-5-7-14(11-13,12-15)6-4-8-17-10-9-16-2/h13H,3-12,15H2,1-2H3. The molecule has 0 spiro atoms. The number of hydrogen-bond donors (Lipinski definition) is 1. The molecular weight excluding hydrogens is 214 g/mol. The van der Waals surface area contributed by atoms with Gasteiger partial charge < -0.3 is 15.2 Å². The van der Waals surface area contributed by atoms with Crippen molar-refractivity contribution in [3.8, 4) is 0 Å². The minimum absolute atomic E-state index is 0.422. The molecule has 0 aromatic heterocycles. The molecule has 0 amide bonds. The molecule has 0 saturated heterocycles. The van der Waals surface area contributed by atoms with Crippen molar-refractivity contribution in [3.63, 3.8) is 0 Å². The van der Waals surface area contributed by atoms with Crippen LogP contribution in [0.4, 0.5) is 0 Å². The van der Waals surface area contributed by atoms with Crippen molar-refractivity contribution < 1.29 is 9.47 Å². The molecule has 0 aliphatic heterocycles. The summed E-state index contributed by atoms with van der Waals surface area (Å²) in [5, 5.41) is 0. The van der Waals surface area contributed by atoms with Gasteiger partial charge in [0.25, 0.3) is 0 Å². The van der Waals surface area contributed by atoms with Crippen LogP contribution in [0.2, 0.25) is 0 Å². The lowest BCUT2D eigenvalue weighted by Gasteiger charge is -2.27. The summed E-state index contributed by atoms with van der Waals surface area (Å²) in [6.07, 6.45) is 7.70. The Balaban J connectivity index is 2.15. The molecular formula is C14H29NO2. The molecule has 0 radical (unpaired) electrons. The van der Waals surface area contributed by atoms with E-state index in [1.807, 2.05) is 0 Å². The fourth-order valence-electron chi connectivity index (χ4n) is 2.98. The van der Waals surface area contributed by atoms with E-state index in [4.69, 9.17) is 15.2 Å². The Hall–Kier alpha value is -0.120. The van der Waals surface area contributed by atoms with E-state index in [-0.39, 0.29) is 0 Å². The maximum Gasteiger partial charge on any atom is 0.0700 e. The SMILES string of the molecule is CCC1CCC(CN)(CCCOCCOC)C1. The van der Waals surface area contributed by atoms with Gasteiger partial charge in [-0.2, -0.15) is 0 Å². The van der Waals surface area contributed by atoms with Gasteiger partial charge in [0.15, 0.2) is 0 Å². The number of ether oxygens (including phenoxy) is 2. The summed E-state index contributed by atoms with van der Waals surface area (Å²) in [6.45, 7) is 5.40. The summed E-state index contributed by atoms with van der Waals surface area (Å²) < 4.78 is 10.5. The van der Waals surface area contributed by atoms with Crippen molar-refractivity contribution >= 4 is 0 Å². The van der Waals surface area contributed by atoms with Crippen LogP contribution in [0.15, 0.2) is 0 Å². The molecule has 1 fully saturated rings. The molecule has 3 nitrogen and oxygen atoms in total. The highest BCUT2D eigenvalue weighted by Gasteiger charge is 2.36. The Morgan fingerprint density at radius 1 is 1.29 bits per heavy atom. The van der Waals surface area contributed by atoms with Crippen LogP contribution in [-0.4, -0.2) is 33.5 Å². The molecule has 17 heavy (non-hydrogen) atoms. The van der Waals surface area contributed by atoms with Crippen LogP contribution in [0.25, 0.3) is 0 Å². The monoisotopic (exact) mass is 243 g/mol. The van der Waals surface area contributed by atoms with E-state index in [0.717, 1.165) is 25.5 Å². The fourth-order valence-corrected chi connectivity index (χ4v) is 2.98. The average molecular weight is 243 g/mol. The summed E-state index contributed by atoms with van der Waals surface area (Å²) >= 11 is 0. The Morgan fingerprint density at radius 3 is 2.71 bits per heavy atom. The Bertz CT molecular complexity index is 199. The van der Waals surface area contributed by atoms with Gasteiger partial charge in [0, 0.05) is 13.7 Å². The van der Waals surface area contributed by atoms with Crippen molar-refractivity contribution in [2.75, 3.05) is 33.5 Å². The second-order valence-electron chi connectivity index (χ2n) is 5.43. The van der Waals surface area contributed by atoms with E-state index < -0.39 is 0 Å². The molecule has 1 rings (SSSR count). The Kier molecular flexibility index (Phi) is 7.09. The van der Waals surface area contributed by atoms with Gasteiger partial charge >= 0.3 is 0 Å². The van der Waals surface area contributed by atoms with Gasteiger partial charge in [-0.15, -0.1) is 0 Å². The lowest BCUT2D eigenvalue weighted by atomic mass is 9.80. The molecule has 2 N–H and O–H groups in total. The Morgan fingerprint density at radius 2 is 2.12 bits per heavy atom. The van der Waals surface area contributed by atoms with Gasteiger partial charge in [-0.05, 0) is 50.0 Å². The first-order valence-corrected chi connectivity index (χ1v) is 7.03. The predicted octanol–water partition coefficient (Wildman–Crippen LogP) is 2.58. The van der Waals surface area contributed by atoms with Crippen molar-refractivity contribution in [2.45, 2.75) is 45.4 Å². The molecule has 0 aromatic rings. The molecule has 0 heterocycles. The first-order valence-electron chi connectivity index (χ1n) is 7.03. The summed E-state index contributed by atoms with van der Waals surface area (Å²) in [7, 11) is 1.70. The molecule has 2 atom stereocenters. The molecule has 1 aliphatic rings. The normalized spacial score (nSPS) is 28.8. The molecule has 102 valence electrons. The van der Waals surface area contributed by atoms with E-state index in [2.05, 4.69) is 6.92 Å². The smallest absolute Gasteiger partial charge is 0.0700 e. The number of nitrogens with two attached hydrogens (primary N) is 1.